The first-order valence-corrected chi connectivity index (χ1v) is 8.44. The van der Waals surface area contributed by atoms with E-state index in [4.69, 9.17) is 9.47 Å². The lowest BCUT2D eigenvalue weighted by molar-refractivity contribution is -0.171. The zero-order valence-electron chi connectivity index (χ0n) is 15.1. The molecule has 2 aromatic rings. The van der Waals surface area contributed by atoms with Gasteiger partial charge in [-0.3, -0.25) is 4.79 Å². The van der Waals surface area contributed by atoms with Crippen LogP contribution in [-0.4, -0.2) is 46.7 Å². The Balaban J connectivity index is 1.88. The van der Waals surface area contributed by atoms with E-state index in [9.17, 15) is 4.79 Å². The van der Waals surface area contributed by atoms with Gasteiger partial charge in [0.1, 0.15) is 11.4 Å². The van der Waals surface area contributed by atoms with Gasteiger partial charge in [0.15, 0.2) is 0 Å². The molecule has 1 aromatic heterocycles. The fourth-order valence-corrected chi connectivity index (χ4v) is 3.58. The number of carbonyl (C=O) groups is 1. The molecule has 0 bridgehead atoms. The van der Waals surface area contributed by atoms with Gasteiger partial charge in [-0.2, -0.15) is 0 Å². The molecule has 0 unspecified atom stereocenters. The second-order valence-corrected chi connectivity index (χ2v) is 7.65. The maximum atomic E-state index is 13.0. The van der Waals surface area contributed by atoms with Crippen LogP contribution in [0.15, 0.2) is 24.3 Å². The van der Waals surface area contributed by atoms with E-state index in [1.54, 1.807) is 0 Å². The van der Waals surface area contributed by atoms with Gasteiger partial charge in [-0.05, 0) is 52.8 Å². The van der Waals surface area contributed by atoms with Gasteiger partial charge in [0, 0.05) is 30.1 Å². The Hall–Kier alpha value is -2.01. The number of carbonyl (C=O) groups excluding carboxylic acids is 1. The summed E-state index contributed by atoms with van der Waals surface area (Å²) in [6, 6.07) is 7.74. The van der Waals surface area contributed by atoms with Crippen molar-refractivity contribution < 1.29 is 14.3 Å². The third-order valence-electron chi connectivity index (χ3n) is 4.12. The fraction of sp³-hybridized carbons (Fsp3) is 0.526. The first-order chi connectivity index (χ1) is 11.2. The van der Waals surface area contributed by atoms with Crippen LogP contribution >= 0.6 is 0 Å². The highest BCUT2D eigenvalue weighted by Gasteiger charge is 2.40. The Morgan fingerprint density at radius 3 is 2.50 bits per heavy atom. The first-order valence-electron chi connectivity index (χ1n) is 8.44. The standard InChI is InChI=1S/C19H26N2O3/c1-6-23-14-8-7-13-9-16(20-15(13)10-14)17(22)21-11-18(2,3)24-19(4,5)12-21/h7-10,20H,6,11-12H2,1-5H3. The number of hydrogen-bond acceptors (Lipinski definition) is 3. The predicted octanol–water partition coefficient (Wildman–Crippen LogP) is 3.60. The van der Waals surface area contributed by atoms with Crippen molar-refractivity contribution in [2.45, 2.75) is 45.8 Å². The molecule has 0 saturated carbocycles. The molecular formula is C19H26N2O3. The van der Waals surface area contributed by atoms with Gasteiger partial charge in [0.25, 0.3) is 5.91 Å². The highest BCUT2D eigenvalue weighted by molar-refractivity contribution is 5.98. The van der Waals surface area contributed by atoms with Crippen molar-refractivity contribution in [3.05, 3.63) is 30.0 Å². The Morgan fingerprint density at radius 1 is 1.21 bits per heavy atom. The molecule has 1 fully saturated rings. The number of hydrogen-bond donors (Lipinski definition) is 1. The number of nitrogens with one attached hydrogen (secondary N) is 1. The van der Waals surface area contributed by atoms with Gasteiger partial charge in [-0.25, -0.2) is 0 Å². The van der Waals surface area contributed by atoms with Crippen molar-refractivity contribution in [1.29, 1.82) is 0 Å². The van der Waals surface area contributed by atoms with E-state index in [0.29, 0.717) is 25.4 Å². The topological polar surface area (TPSA) is 54.6 Å². The highest BCUT2D eigenvalue weighted by Crippen LogP contribution is 2.29. The number of aromatic amines is 1. The summed E-state index contributed by atoms with van der Waals surface area (Å²) in [6.45, 7) is 11.8. The van der Waals surface area contributed by atoms with E-state index < -0.39 is 0 Å². The molecule has 1 aromatic carbocycles. The molecule has 1 amide bonds. The smallest absolute Gasteiger partial charge is 0.270 e. The van der Waals surface area contributed by atoms with Crippen LogP contribution in [0.4, 0.5) is 0 Å². The van der Waals surface area contributed by atoms with Gasteiger partial charge in [-0.1, -0.05) is 0 Å². The van der Waals surface area contributed by atoms with Gasteiger partial charge in [0.05, 0.1) is 17.8 Å². The summed E-state index contributed by atoms with van der Waals surface area (Å²) in [4.78, 5) is 18.1. The van der Waals surface area contributed by atoms with Gasteiger partial charge in [-0.15, -0.1) is 0 Å². The summed E-state index contributed by atoms with van der Waals surface area (Å²) in [6.07, 6.45) is 0. The lowest BCUT2D eigenvalue weighted by Crippen LogP contribution is -2.58. The summed E-state index contributed by atoms with van der Waals surface area (Å²) in [5.41, 5.74) is 0.806. The van der Waals surface area contributed by atoms with Crippen molar-refractivity contribution in [3.63, 3.8) is 0 Å². The van der Waals surface area contributed by atoms with Crippen LogP contribution in [0, 0.1) is 0 Å². The van der Waals surface area contributed by atoms with Gasteiger partial charge >= 0.3 is 0 Å². The highest BCUT2D eigenvalue weighted by atomic mass is 16.5. The van der Waals surface area contributed by atoms with Gasteiger partial charge < -0.3 is 19.4 Å². The first kappa shape index (κ1) is 16.8. The summed E-state index contributed by atoms with van der Waals surface area (Å²) in [5, 5.41) is 1.01. The summed E-state index contributed by atoms with van der Waals surface area (Å²) >= 11 is 0. The molecule has 0 radical (unpaired) electrons. The predicted molar refractivity (Wildman–Crippen MR) is 94.6 cm³/mol. The number of benzene rings is 1. The second-order valence-electron chi connectivity index (χ2n) is 7.65. The van der Waals surface area contributed by atoms with E-state index in [1.807, 2.05) is 63.8 Å². The van der Waals surface area contributed by atoms with E-state index in [1.165, 1.54) is 0 Å². The number of fused-ring (bicyclic) bond motifs is 1. The maximum Gasteiger partial charge on any atom is 0.270 e. The van der Waals surface area contributed by atoms with Crippen LogP contribution in [-0.2, 0) is 4.74 Å². The lowest BCUT2D eigenvalue weighted by Gasteiger charge is -2.47. The Bertz CT molecular complexity index is 745. The molecule has 5 nitrogen and oxygen atoms in total. The molecule has 24 heavy (non-hydrogen) atoms. The van der Waals surface area contributed by atoms with Crippen LogP contribution in [0.1, 0.15) is 45.1 Å². The molecule has 1 aliphatic rings. The number of aromatic nitrogens is 1. The summed E-state index contributed by atoms with van der Waals surface area (Å²) < 4.78 is 11.6. The molecule has 1 aliphatic heterocycles. The molecule has 0 aliphatic carbocycles. The molecule has 0 spiro atoms. The van der Waals surface area contributed by atoms with Crippen molar-refractivity contribution in [3.8, 4) is 5.75 Å². The van der Waals surface area contributed by atoms with Crippen LogP contribution in [0.25, 0.3) is 10.9 Å². The van der Waals surface area contributed by atoms with E-state index in [-0.39, 0.29) is 17.1 Å². The quantitative estimate of drug-likeness (QED) is 0.935. The lowest BCUT2D eigenvalue weighted by atomic mass is 9.98. The third kappa shape index (κ3) is 3.41. The molecular weight excluding hydrogens is 304 g/mol. The number of rotatable bonds is 3. The second kappa shape index (κ2) is 5.81. The van der Waals surface area contributed by atoms with Crippen LogP contribution in [0.5, 0.6) is 5.75 Å². The number of amides is 1. The molecule has 130 valence electrons. The molecule has 3 rings (SSSR count). The van der Waals surface area contributed by atoms with E-state index in [2.05, 4.69) is 4.98 Å². The van der Waals surface area contributed by atoms with Crippen LogP contribution in [0.2, 0.25) is 0 Å². The SMILES string of the molecule is CCOc1ccc2cc(C(=O)N3CC(C)(C)OC(C)(C)C3)[nH]c2c1. The molecule has 1 saturated heterocycles. The monoisotopic (exact) mass is 330 g/mol. The number of ether oxygens (including phenoxy) is 2. The maximum absolute atomic E-state index is 13.0. The van der Waals surface area contributed by atoms with Crippen LogP contribution in [0.3, 0.4) is 0 Å². The average Bonchev–Trinajstić information content (AvgIpc) is 2.86. The zero-order valence-corrected chi connectivity index (χ0v) is 15.1. The Labute approximate surface area is 142 Å². The normalized spacial score (nSPS) is 19.5. The number of H-pyrrole nitrogens is 1. The molecule has 1 N–H and O–H groups in total. The van der Waals surface area contributed by atoms with Crippen molar-refractivity contribution in [2.75, 3.05) is 19.7 Å². The number of nitrogens with zero attached hydrogens (tertiary/aromatic N) is 1. The minimum absolute atomic E-state index is 0.00797. The Kier molecular flexibility index (Phi) is 4.08. The molecule has 5 heteroatoms. The van der Waals surface area contributed by atoms with E-state index in [0.717, 1.165) is 16.7 Å². The number of morpholine rings is 1. The van der Waals surface area contributed by atoms with Crippen LogP contribution < -0.4 is 4.74 Å². The average molecular weight is 330 g/mol. The minimum atomic E-state index is -0.356. The van der Waals surface area contributed by atoms with Crippen molar-refractivity contribution in [2.24, 2.45) is 0 Å². The Morgan fingerprint density at radius 2 is 1.88 bits per heavy atom. The zero-order chi connectivity index (χ0) is 17.5. The summed E-state index contributed by atoms with van der Waals surface area (Å²) in [5.74, 6) is 0.813. The van der Waals surface area contributed by atoms with E-state index >= 15 is 0 Å². The van der Waals surface area contributed by atoms with Crippen molar-refractivity contribution in [1.82, 2.24) is 9.88 Å². The van der Waals surface area contributed by atoms with Gasteiger partial charge in [0.2, 0.25) is 0 Å². The third-order valence-corrected chi connectivity index (χ3v) is 4.12. The molecule has 2 heterocycles. The molecule has 0 atom stereocenters. The summed E-state index contributed by atoms with van der Waals surface area (Å²) in [7, 11) is 0. The minimum Gasteiger partial charge on any atom is -0.494 e. The van der Waals surface area contributed by atoms with Crippen molar-refractivity contribution >= 4 is 16.8 Å². The largest absolute Gasteiger partial charge is 0.494 e. The fourth-order valence-electron chi connectivity index (χ4n) is 3.58.